The summed E-state index contributed by atoms with van der Waals surface area (Å²) in [4.78, 5) is 12.3. The van der Waals surface area contributed by atoms with Gasteiger partial charge in [0, 0.05) is 25.4 Å². The summed E-state index contributed by atoms with van der Waals surface area (Å²) in [6.45, 7) is 3.90. The predicted molar refractivity (Wildman–Crippen MR) is 91.2 cm³/mol. The van der Waals surface area contributed by atoms with Crippen molar-refractivity contribution in [1.82, 2.24) is 4.31 Å². The molecule has 1 N–H and O–H groups in total. The van der Waals surface area contributed by atoms with Gasteiger partial charge in [-0.25, -0.2) is 8.42 Å². The first-order valence-electron chi connectivity index (χ1n) is 8.49. The van der Waals surface area contributed by atoms with Crippen LogP contribution in [0.2, 0.25) is 0 Å². The van der Waals surface area contributed by atoms with Crippen molar-refractivity contribution >= 4 is 21.6 Å². The first-order chi connectivity index (χ1) is 11.5. The Morgan fingerprint density at radius 3 is 2.42 bits per heavy atom. The number of hydrogen-bond donors (Lipinski definition) is 1. The number of nitrogens with zero attached hydrogens (tertiary/aromatic N) is 1. The van der Waals surface area contributed by atoms with Crippen LogP contribution in [0, 0.1) is 5.92 Å². The molecule has 1 aromatic rings. The Bertz CT molecular complexity index is 673. The Labute approximate surface area is 143 Å². The minimum atomic E-state index is -3.45. The Morgan fingerprint density at radius 2 is 1.83 bits per heavy atom. The van der Waals surface area contributed by atoms with E-state index in [0.717, 1.165) is 25.7 Å². The molecule has 6 nitrogen and oxygen atoms in total. The van der Waals surface area contributed by atoms with Crippen LogP contribution in [0.25, 0.3) is 0 Å². The zero-order valence-electron chi connectivity index (χ0n) is 13.9. The van der Waals surface area contributed by atoms with Gasteiger partial charge in [-0.05, 0) is 55.9 Å². The molecule has 2 fully saturated rings. The lowest BCUT2D eigenvalue weighted by Gasteiger charge is -2.29. The van der Waals surface area contributed by atoms with E-state index in [9.17, 15) is 13.2 Å². The van der Waals surface area contributed by atoms with Crippen molar-refractivity contribution in [3.8, 4) is 0 Å². The minimum absolute atomic E-state index is 0.173. The van der Waals surface area contributed by atoms with E-state index in [0.29, 0.717) is 31.3 Å². The van der Waals surface area contributed by atoms with Gasteiger partial charge in [-0.1, -0.05) is 6.92 Å². The molecule has 0 spiro atoms. The van der Waals surface area contributed by atoms with Gasteiger partial charge in [0.15, 0.2) is 0 Å². The lowest BCUT2D eigenvalue weighted by Crippen LogP contribution is -2.37. The number of piperidine rings is 1. The highest BCUT2D eigenvalue weighted by Crippen LogP contribution is 2.24. The third-order valence-corrected chi connectivity index (χ3v) is 6.64. The molecule has 1 aromatic carbocycles. The molecule has 0 aromatic heterocycles. The second-order valence-corrected chi connectivity index (χ2v) is 8.54. The fourth-order valence-corrected chi connectivity index (χ4v) is 4.56. The number of hydrogen-bond acceptors (Lipinski definition) is 4. The van der Waals surface area contributed by atoms with Gasteiger partial charge in [-0.15, -0.1) is 0 Å². The van der Waals surface area contributed by atoms with Crippen LogP contribution in [0.4, 0.5) is 5.69 Å². The predicted octanol–water partition coefficient (Wildman–Crippen LogP) is 2.22. The maximum Gasteiger partial charge on any atom is 0.253 e. The van der Waals surface area contributed by atoms with Gasteiger partial charge in [0.25, 0.3) is 5.91 Å². The standard InChI is InChI=1S/C17H24N2O4S/c1-13-8-10-19(11-9-13)24(21,22)15-6-4-14(5-7-15)18-17(20)16-3-2-12-23-16/h4-7,13,16H,2-3,8-12H2,1H3,(H,18,20). The summed E-state index contributed by atoms with van der Waals surface area (Å²) < 4.78 is 32.2. The van der Waals surface area contributed by atoms with Crippen LogP contribution in [0.1, 0.15) is 32.6 Å². The van der Waals surface area contributed by atoms with E-state index in [1.165, 1.54) is 0 Å². The molecule has 1 atom stereocenters. The van der Waals surface area contributed by atoms with Crippen LogP contribution >= 0.6 is 0 Å². The first kappa shape index (κ1) is 17.4. The molecule has 7 heteroatoms. The van der Waals surface area contributed by atoms with Crippen LogP contribution in [0.15, 0.2) is 29.2 Å². The van der Waals surface area contributed by atoms with Gasteiger partial charge >= 0.3 is 0 Å². The summed E-state index contributed by atoms with van der Waals surface area (Å²) in [5.41, 5.74) is 0.585. The first-order valence-corrected chi connectivity index (χ1v) is 9.93. The molecule has 0 aliphatic carbocycles. The molecule has 24 heavy (non-hydrogen) atoms. The van der Waals surface area contributed by atoms with E-state index < -0.39 is 16.1 Å². The molecule has 2 heterocycles. The maximum atomic E-state index is 12.7. The van der Waals surface area contributed by atoms with Crippen molar-refractivity contribution in [2.24, 2.45) is 5.92 Å². The summed E-state index contributed by atoms with van der Waals surface area (Å²) in [5, 5.41) is 2.78. The Hall–Kier alpha value is -1.44. The van der Waals surface area contributed by atoms with Crippen LogP contribution in [-0.2, 0) is 19.6 Å². The molecule has 2 aliphatic heterocycles. The molecule has 132 valence electrons. The summed E-state index contributed by atoms with van der Waals surface area (Å²) in [6, 6.07) is 6.37. The molecule has 2 saturated heterocycles. The van der Waals surface area contributed by atoms with Crippen molar-refractivity contribution in [1.29, 1.82) is 0 Å². The largest absolute Gasteiger partial charge is 0.368 e. The van der Waals surface area contributed by atoms with Gasteiger partial charge in [0.05, 0.1) is 4.90 Å². The van der Waals surface area contributed by atoms with E-state index >= 15 is 0 Å². The van der Waals surface area contributed by atoms with Crippen molar-refractivity contribution in [2.75, 3.05) is 25.0 Å². The Balaban J connectivity index is 1.66. The zero-order chi connectivity index (χ0) is 17.2. The van der Waals surface area contributed by atoms with E-state index in [1.54, 1.807) is 28.6 Å². The normalized spacial score (nSPS) is 23.3. The summed E-state index contributed by atoms with van der Waals surface area (Å²) in [7, 11) is -3.45. The molecular formula is C17H24N2O4S. The molecule has 0 bridgehead atoms. The highest BCUT2D eigenvalue weighted by atomic mass is 32.2. The average molecular weight is 352 g/mol. The van der Waals surface area contributed by atoms with Gasteiger partial charge in [-0.2, -0.15) is 4.31 Å². The monoisotopic (exact) mass is 352 g/mol. The molecule has 3 rings (SSSR count). The number of ether oxygens (including phenoxy) is 1. The van der Waals surface area contributed by atoms with Crippen molar-refractivity contribution in [3.63, 3.8) is 0 Å². The van der Waals surface area contributed by atoms with Crippen molar-refractivity contribution < 1.29 is 17.9 Å². The van der Waals surface area contributed by atoms with Gasteiger partial charge < -0.3 is 10.1 Å². The summed E-state index contributed by atoms with van der Waals surface area (Å²) >= 11 is 0. The fourth-order valence-electron chi connectivity index (χ4n) is 3.09. The Morgan fingerprint density at radius 1 is 1.17 bits per heavy atom. The molecule has 0 radical (unpaired) electrons. The van der Waals surface area contributed by atoms with Crippen LogP contribution < -0.4 is 5.32 Å². The zero-order valence-corrected chi connectivity index (χ0v) is 14.7. The second kappa shape index (κ2) is 7.21. The molecule has 2 aliphatic rings. The SMILES string of the molecule is CC1CCN(S(=O)(=O)c2ccc(NC(=O)C3CCCO3)cc2)CC1. The average Bonchev–Trinajstić information content (AvgIpc) is 3.10. The van der Waals surface area contributed by atoms with Crippen molar-refractivity contribution in [2.45, 2.75) is 43.6 Å². The lowest BCUT2D eigenvalue weighted by molar-refractivity contribution is -0.124. The van der Waals surface area contributed by atoms with E-state index in [2.05, 4.69) is 12.2 Å². The third kappa shape index (κ3) is 3.79. The molecule has 0 saturated carbocycles. The molecule has 1 unspecified atom stereocenters. The summed E-state index contributed by atoms with van der Waals surface area (Å²) in [5.74, 6) is 0.403. The number of anilines is 1. The van der Waals surface area contributed by atoms with E-state index in [4.69, 9.17) is 4.74 Å². The highest BCUT2D eigenvalue weighted by Gasteiger charge is 2.28. The second-order valence-electron chi connectivity index (χ2n) is 6.60. The number of sulfonamides is 1. The van der Waals surface area contributed by atoms with Crippen LogP contribution in [0.5, 0.6) is 0 Å². The van der Waals surface area contributed by atoms with Gasteiger partial charge in [-0.3, -0.25) is 4.79 Å². The molecular weight excluding hydrogens is 328 g/mol. The number of rotatable bonds is 4. The number of benzene rings is 1. The highest BCUT2D eigenvalue weighted by molar-refractivity contribution is 7.89. The minimum Gasteiger partial charge on any atom is -0.368 e. The van der Waals surface area contributed by atoms with E-state index in [1.807, 2.05) is 0 Å². The number of carbonyl (C=O) groups excluding carboxylic acids is 1. The number of nitrogens with one attached hydrogen (secondary N) is 1. The van der Waals surface area contributed by atoms with Crippen molar-refractivity contribution in [3.05, 3.63) is 24.3 Å². The lowest BCUT2D eigenvalue weighted by atomic mass is 10.0. The summed E-state index contributed by atoms with van der Waals surface area (Å²) in [6.07, 6.45) is 3.02. The Kier molecular flexibility index (Phi) is 5.22. The number of carbonyl (C=O) groups is 1. The quantitative estimate of drug-likeness (QED) is 0.901. The van der Waals surface area contributed by atoms with Crippen LogP contribution in [-0.4, -0.2) is 44.4 Å². The van der Waals surface area contributed by atoms with Gasteiger partial charge in [0.2, 0.25) is 10.0 Å². The topological polar surface area (TPSA) is 75.7 Å². The van der Waals surface area contributed by atoms with Gasteiger partial charge in [0.1, 0.15) is 6.10 Å². The van der Waals surface area contributed by atoms with E-state index in [-0.39, 0.29) is 10.8 Å². The smallest absolute Gasteiger partial charge is 0.253 e. The maximum absolute atomic E-state index is 12.7. The van der Waals surface area contributed by atoms with Crippen LogP contribution in [0.3, 0.4) is 0 Å². The fraction of sp³-hybridized carbons (Fsp3) is 0.588. The number of amides is 1. The third-order valence-electron chi connectivity index (χ3n) is 4.72. The molecule has 1 amide bonds.